The lowest BCUT2D eigenvalue weighted by Gasteiger charge is -2.12. The van der Waals surface area contributed by atoms with Crippen LogP contribution in [0.3, 0.4) is 0 Å². The summed E-state index contributed by atoms with van der Waals surface area (Å²) in [5.41, 5.74) is -0.285. The maximum Gasteiger partial charge on any atom is 0.339 e. The van der Waals surface area contributed by atoms with Gasteiger partial charge in [0.25, 0.3) is 0 Å². The quantitative estimate of drug-likeness (QED) is 0.816. The highest BCUT2D eigenvalue weighted by molar-refractivity contribution is 7.91. The minimum absolute atomic E-state index is 0.0235. The first-order valence-electron chi connectivity index (χ1n) is 5.28. The number of ether oxygens (including phenoxy) is 1. The molecule has 0 fully saturated rings. The minimum Gasteiger partial charge on any atom is -0.494 e. The number of carbonyl (C=O) groups is 1. The lowest BCUT2D eigenvalue weighted by Crippen LogP contribution is -2.11. The van der Waals surface area contributed by atoms with E-state index in [1.165, 1.54) is 19.3 Å². The van der Waals surface area contributed by atoms with Crippen molar-refractivity contribution in [3.63, 3.8) is 0 Å². The number of allylic oxidation sites excluding steroid dienone is 1. The summed E-state index contributed by atoms with van der Waals surface area (Å²) >= 11 is 5.76. The van der Waals surface area contributed by atoms with Crippen LogP contribution in [-0.2, 0) is 9.84 Å². The van der Waals surface area contributed by atoms with Crippen LogP contribution in [-0.4, -0.2) is 32.4 Å². The molecule has 5 nitrogen and oxygen atoms in total. The van der Waals surface area contributed by atoms with Crippen LogP contribution >= 0.6 is 11.6 Å². The number of halogens is 1. The fourth-order valence-electron chi connectivity index (χ4n) is 1.52. The van der Waals surface area contributed by atoms with E-state index in [-0.39, 0.29) is 33.4 Å². The van der Waals surface area contributed by atoms with Crippen LogP contribution in [0.25, 0.3) is 0 Å². The molecule has 0 bridgehead atoms. The van der Waals surface area contributed by atoms with Gasteiger partial charge in [0.05, 0.1) is 12.9 Å². The average Bonchev–Trinajstić information content (AvgIpc) is 2.35. The molecule has 0 amide bonds. The largest absolute Gasteiger partial charge is 0.494 e. The predicted octanol–water partition coefficient (Wildman–Crippen LogP) is 2.40. The van der Waals surface area contributed by atoms with Crippen molar-refractivity contribution in [3.05, 3.63) is 35.4 Å². The van der Waals surface area contributed by atoms with E-state index in [0.717, 1.165) is 6.07 Å². The third-order valence-electron chi connectivity index (χ3n) is 2.38. The number of hydrogen-bond acceptors (Lipinski definition) is 4. The molecule has 1 rings (SSSR count). The number of aromatic carboxylic acids is 1. The molecule has 1 aromatic carbocycles. The molecule has 104 valence electrons. The summed E-state index contributed by atoms with van der Waals surface area (Å²) in [7, 11) is -2.48. The van der Waals surface area contributed by atoms with Crippen LogP contribution in [0.5, 0.6) is 5.75 Å². The van der Waals surface area contributed by atoms with Crippen molar-refractivity contribution in [1.29, 1.82) is 0 Å². The van der Waals surface area contributed by atoms with Gasteiger partial charge in [-0.15, -0.1) is 6.58 Å². The van der Waals surface area contributed by atoms with Crippen LogP contribution in [0.15, 0.2) is 29.7 Å². The highest BCUT2D eigenvalue weighted by Crippen LogP contribution is 2.32. The van der Waals surface area contributed by atoms with Gasteiger partial charge < -0.3 is 9.84 Å². The molecule has 0 saturated carbocycles. The molecule has 0 radical (unpaired) electrons. The molecule has 0 saturated heterocycles. The van der Waals surface area contributed by atoms with Gasteiger partial charge in [0, 0.05) is 5.02 Å². The number of sulfone groups is 1. The van der Waals surface area contributed by atoms with Gasteiger partial charge in [0.2, 0.25) is 0 Å². The Labute approximate surface area is 116 Å². The molecule has 0 heterocycles. The van der Waals surface area contributed by atoms with Crippen molar-refractivity contribution in [2.24, 2.45) is 0 Å². The molecule has 1 aromatic rings. The molecular weight excluding hydrogens is 292 g/mol. The molecule has 0 atom stereocenters. The maximum absolute atomic E-state index is 12.1. The van der Waals surface area contributed by atoms with Crippen molar-refractivity contribution in [3.8, 4) is 5.75 Å². The Kier molecular flexibility index (Phi) is 4.97. The predicted molar refractivity (Wildman–Crippen MR) is 71.8 cm³/mol. The molecule has 0 aromatic heterocycles. The van der Waals surface area contributed by atoms with Gasteiger partial charge in [-0.3, -0.25) is 0 Å². The second-order valence-corrected chi connectivity index (χ2v) is 6.20. The van der Waals surface area contributed by atoms with Gasteiger partial charge in [-0.05, 0) is 18.6 Å². The second kappa shape index (κ2) is 6.08. The Hall–Kier alpha value is -1.53. The van der Waals surface area contributed by atoms with Crippen LogP contribution in [0.1, 0.15) is 16.8 Å². The van der Waals surface area contributed by atoms with Crippen LogP contribution < -0.4 is 4.74 Å². The Balaban J connectivity index is 3.50. The first kappa shape index (κ1) is 15.5. The number of methoxy groups -OCH3 is 1. The molecule has 0 aliphatic heterocycles. The van der Waals surface area contributed by atoms with E-state index in [1.54, 1.807) is 0 Å². The minimum atomic E-state index is -3.69. The lowest BCUT2D eigenvalue weighted by atomic mass is 10.2. The van der Waals surface area contributed by atoms with Crippen LogP contribution in [0.4, 0.5) is 0 Å². The molecule has 0 unspecified atom stereocenters. The van der Waals surface area contributed by atoms with Crippen LogP contribution in [0.2, 0.25) is 5.02 Å². The van der Waals surface area contributed by atoms with Crippen molar-refractivity contribution in [2.75, 3.05) is 12.9 Å². The summed E-state index contributed by atoms with van der Waals surface area (Å²) in [4.78, 5) is 10.9. The van der Waals surface area contributed by atoms with E-state index < -0.39 is 15.8 Å². The standard InChI is InChI=1S/C12H13ClO5S/c1-3-4-5-19(16,17)10-7-8(13)6-9(12(14)15)11(10)18-2/h3,6-7H,1,4-5H2,2H3,(H,14,15). The zero-order valence-corrected chi connectivity index (χ0v) is 11.8. The van der Waals surface area contributed by atoms with Gasteiger partial charge in [0.15, 0.2) is 15.6 Å². The van der Waals surface area contributed by atoms with Gasteiger partial charge in [-0.25, -0.2) is 13.2 Å². The smallest absolute Gasteiger partial charge is 0.339 e. The van der Waals surface area contributed by atoms with Crippen molar-refractivity contribution < 1.29 is 23.1 Å². The van der Waals surface area contributed by atoms with Crippen LogP contribution in [0, 0.1) is 0 Å². The van der Waals surface area contributed by atoms with E-state index in [4.69, 9.17) is 21.4 Å². The Morgan fingerprint density at radius 1 is 1.53 bits per heavy atom. The Bertz CT molecular complexity index is 607. The highest BCUT2D eigenvalue weighted by Gasteiger charge is 2.25. The summed E-state index contributed by atoms with van der Waals surface area (Å²) in [6.45, 7) is 3.45. The van der Waals surface area contributed by atoms with Crippen molar-refractivity contribution in [2.45, 2.75) is 11.3 Å². The first-order valence-corrected chi connectivity index (χ1v) is 7.31. The van der Waals surface area contributed by atoms with Crippen molar-refractivity contribution >= 4 is 27.4 Å². The van der Waals surface area contributed by atoms with Gasteiger partial charge in [0.1, 0.15) is 10.5 Å². The SMILES string of the molecule is C=CCCS(=O)(=O)c1cc(Cl)cc(C(=O)O)c1OC. The molecule has 0 aliphatic carbocycles. The molecule has 19 heavy (non-hydrogen) atoms. The highest BCUT2D eigenvalue weighted by atomic mass is 35.5. The monoisotopic (exact) mass is 304 g/mol. The average molecular weight is 305 g/mol. The van der Waals surface area contributed by atoms with Crippen molar-refractivity contribution in [1.82, 2.24) is 0 Å². The summed E-state index contributed by atoms with van der Waals surface area (Å²) < 4.78 is 29.2. The zero-order chi connectivity index (χ0) is 14.6. The number of benzene rings is 1. The van der Waals surface area contributed by atoms with E-state index in [2.05, 4.69) is 6.58 Å². The molecule has 1 N–H and O–H groups in total. The maximum atomic E-state index is 12.1. The van der Waals surface area contributed by atoms with Gasteiger partial charge >= 0.3 is 5.97 Å². The fraction of sp³-hybridized carbons (Fsp3) is 0.250. The third-order valence-corrected chi connectivity index (χ3v) is 4.34. The molecule has 0 spiro atoms. The van der Waals surface area contributed by atoms with Gasteiger partial charge in [-0.1, -0.05) is 17.7 Å². The summed E-state index contributed by atoms with van der Waals surface area (Å²) in [6.07, 6.45) is 1.72. The van der Waals surface area contributed by atoms with E-state index in [9.17, 15) is 13.2 Å². The summed E-state index contributed by atoms with van der Waals surface area (Å²) in [5.74, 6) is -1.70. The normalized spacial score (nSPS) is 11.1. The first-order chi connectivity index (χ1) is 8.83. The summed E-state index contributed by atoms with van der Waals surface area (Å²) in [5, 5.41) is 9.06. The topological polar surface area (TPSA) is 80.7 Å². The van der Waals surface area contributed by atoms with E-state index in [1.807, 2.05) is 0 Å². The fourth-order valence-corrected chi connectivity index (χ4v) is 3.28. The number of carboxylic acid groups (broad SMARTS) is 1. The second-order valence-electron chi connectivity index (χ2n) is 3.69. The van der Waals surface area contributed by atoms with E-state index >= 15 is 0 Å². The Morgan fingerprint density at radius 3 is 2.63 bits per heavy atom. The number of carboxylic acids is 1. The van der Waals surface area contributed by atoms with E-state index in [0.29, 0.717) is 0 Å². The number of hydrogen-bond donors (Lipinski definition) is 1. The molecule has 0 aliphatic rings. The molecular formula is C12H13ClO5S. The molecule has 7 heteroatoms. The lowest BCUT2D eigenvalue weighted by molar-refractivity contribution is 0.0693. The number of rotatable bonds is 6. The Morgan fingerprint density at radius 2 is 2.16 bits per heavy atom. The zero-order valence-electron chi connectivity index (χ0n) is 10.2. The van der Waals surface area contributed by atoms with Gasteiger partial charge in [-0.2, -0.15) is 0 Å². The third kappa shape index (κ3) is 3.48. The summed E-state index contributed by atoms with van der Waals surface area (Å²) in [6, 6.07) is 2.33.